The van der Waals surface area contributed by atoms with E-state index in [2.05, 4.69) is 21.2 Å². The molecule has 0 fully saturated rings. The number of anilines is 1. The van der Waals surface area contributed by atoms with E-state index in [1.54, 1.807) is 12.1 Å². The molecule has 98 valence electrons. The summed E-state index contributed by atoms with van der Waals surface area (Å²) in [4.78, 5) is 0. The van der Waals surface area contributed by atoms with Crippen molar-refractivity contribution in [3.05, 3.63) is 28.0 Å². The number of nitrogens with zero attached hydrogens (tertiary/aromatic N) is 1. The second-order valence-electron chi connectivity index (χ2n) is 4.45. The Kier molecular flexibility index (Phi) is 5.12. The average molecular weight is 315 g/mol. The Hall–Kier alpha value is -1.12. The fourth-order valence-corrected chi connectivity index (χ4v) is 1.96. The summed E-state index contributed by atoms with van der Waals surface area (Å²) in [5, 5.41) is 11.8. The summed E-state index contributed by atoms with van der Waals surface area (Å²) in [6.45, 7) is 6.87. The van der Waals surface area contributed by atoms with Crippen molar-refractivity contribution in [3.63, 3.8) is 0 Å². The first-order valence-electron chi connectivity index (χ1n) is 5.67. The van der Waals surface area contributed by atoms with Gasteiger partial charge in [-0.2, -0.15) is 5.26 Å². The van der Waals surface area contributed by atoms with Gasteiger partial charge in [0, 0.05) is 13.2 Å². The van der Waals surface area contributed by atoms with Crippen LogP contribution in [0.15, 0.2) is 16.6 Å². The zero-order valence-electron chi connectivity index (χ0n) is 10.7. The van der Waals surface area contributed by atoms with Crippen LogP contribution in [-0.2, 0) is 4.74 Å². The normalized spacial score (nSPS) is 11.1. The number of nitrogens with one attached hydrogen (secondary N) is 1. The molecular weight excluding hydrogens is 299 g/mol. The molecule has 0 aliphatic carbocycles. The predicted octanol–water partition coefficient (Wildman–Crippen LogP) is 3.69. The van der Waals surface area contributed by atoms with Crippen molar-refractivity contribution in [1.29, 1.82) is 5.26 Å². The first kappa shape index (κ1) is 14.9. The van der Waals surface area contributed by atoms with Crippen LogP contribution in [0.5, 0.6) is 0 Å². The van der Waals surface area contributed by atoms with Crippen molar-refractivity contribution in [2.45, 2.75) is 26.4 Å². The van der Waals surface area contributed by atoms with E-state index in [-0.39, 0.29) is 15.6 Å². The lowest BCUT2D eigenvalue weighted by molar-refractivity contribution is 0.000661. The smallest absolute Gasteiger partial charge is 0.161 e. The minimum atomic E-state index is -0.457. The molecule has 3 nitrogen and oxygen atoms in total. The number of hydrogen-bond acceptors (Lipinski definition) is 3. The van der Waals surface area contributed by atoms with Crippen molar-refractivity contribution in [1.82, 2.24) is 0 Å². The van der Waals surface area contributed by atoms with E-state index in [1.807, 2.05) is 26.8 Å². The van der Waals surface area contributed by atoms with Gasteiger partial charge in [0.25, 0.3) is 0 Å². The predicted molar refractivity (Wildman–Crippen MR) is 73.0 cm³/mol. The monoisotopic (exact) mass is 314 g/mol. The van der Waals surface area contributed by atoms with Crippen LogP contribution in [0, 0.1) is 17.1 Å². The van der Waals surface area contributed by atoms with Gasteiger partial charge in [0.15, 0.2) is 5.82 Å². The van der Waals surface area contributed by atoms with Crippen LogP contribution in [0.25, 0.3) is 0 Å². The highest BCUT2D eigenvalue weighted by Crippen LogP contribution is 2.27. The van der Waals surface area contributed by atoms with Crippen LogP contribution in [0.3, 0.4) is 0 Å². The standard InChI is InChI=1S/C13H16BrFN2O/c1-4-18-13(2,3)8-17-10-6-5-9(7-16)11(14)12(10)15/h5-6,17H,4,8H2,1-3H3. The molecule has 0 saturated heterocycles. The molecule has 0 spiro atoms. The van der Waals surface area contributed by atoms with E-state index >= 15 is 0 Å². The maximum atomic E-state index is 13.9. The Morgan fingerprint density at radius 1 is 1.50 bits per heavy atom. The molecule has 0 aliphatic heterocycles. The van der Waals surface area contributed by atoms with Crippen LogP contribution >= 0.6 is 15.9 Å². The Labute approximate surface area is 115 Å². The quantitative estimate of drug-likeness (QED) is 0.901. The van der Waals surface area contributed by atoms with Gasteiger partial charge in [-0.15, -0.1) is 0 Å². The van der Waals surface area contributed by atoms with Crippen LogP contribution < -0.4 is 5.32 Å². The van der Waals surface area contributed by atoms with Gasteiger partial charge in [0.1, 0.15) is 6.07 Å². The third-order valence-electron chi connectivity index (χ3n) is 2.44. The lowest BCUT2D eigenvalue weighted by Crippen LogP contribution is -2.33. The third kappa shape index (κ3) is 3.69. The fraction of sp³-hybridized carbons (Fsp3) is 0.462. The van der Waals surface area contributed by atoms with Gasteiger partial charge in [-0.1, -0.05) is 0 Å². The first-order valence-corrected chi connectivity index (χ1v) is 6.46. The van der Waals surface area contributed by atoms with Crippen LogP contribution in [-0.4, -0.2) is 18.8 Å². The summed E-state index contributed by atoms with van der Waals surface area (Å²) < 4.78 is 19.6. The van der Waals surface area contributed by atoms with Crippen molar-refractivity contribution < 1.29 is 9.13 Å². The summed E-state index contributed by atoms with van der Waals surface area (Å²) in [5.74, 6) is -0.457. The van der Waals surface area contributed by atoms with Gasteiger partial charge in [-0.25, -0.2) is 4.39 Å². The van der Waals surface area contributed by atoms with Crippen molar-refractivity contribution in [3.8, 4) is 6.07 Å². The maximum absolute atomic E-state index is 13.9. The summed E-state index contributed by atoms with van der Waals surface area (Å²) >= 11 is 3.07. The molecule has 0 amide bonds. The minimum Gasteiger partial charge on any atom is -0.380 e. The van der Waals surface area contributed by atoms with E-state index in [0.29, 0.717) is 18.8 Å². The first-order chi connectivity index (χ1) is 8.41. The molecule has 0 heterocycles. The molecule has 0 atom stereocenters. The molecule has 0 aliphatic rings. The van der Waals surface area contributed by atoms with E-state index < -0.39 is 5.82 Å². The van der Waals surface area contributed by atoms with Gasteiger partial charge in [0.2, 0.25) is 0 Å². The topological polar surface area (TPSA) is 45.0 Å². The highest BCUT2D eigenvalue weighted by Gasteiger charge is 2.19. The maximum Gasteiger partial charge on any atom is 0.161 e. The molecule has 1 N–H and O–H groups in total. The molecular formula is C13H16BrFN2O. The molecule has 0 aromatic heterocycles. The molecule has 1 rings (SSSR count). The number of benzene rings is 1. The lowest BCUT2D eigenvalue weighted by Gasteiger charge is -2.25. The Morgan fingerprint density at radius 3 is 2.72 bits per heavy atom. The van der Waals surface area contributed by atoms with E-state index in [1.165, 1.54) is 0 Å². The number of hydrogen-bond donors (Lipinski definition) is 1. The molecule has 18 heavy (non-hydrogen) atoms. The van der Waals surface area contributed by atoms with Gasteiger partial charge in [0.05, 0.1) is 21.3 Å². The second kappa shape index (κ2) is 6.17. The summed E-state index contributed by atoms with van der Waals surface area (Å²) in [5.41, 5.74) is 0.262. The average Bonchev–Trinajstić information content (AvgIpc) is 2.31. The molecule has 0 radical (unpaired) electrons. The number of rotatable bonds is 5. The molecule has 5 heteroatoms. The second-order valence-corrected chi connectivity index (χ2v) is 5.24. The molecule has 1 aromatic rings. The largest absolute Gasteiger partial charge is 0.380 e. The van der Waals surface area contributed by atoms with Gasteiger partial charge < -0.3 is 10.1 Å². The van der Waals surface area contributed by atoms with Crippen LogP contribution in [0.4, 0.5) is 10.1 Å². The third-order valence-corrected chi connectivity index (χ3v) is 3.22. The zero-order valence-corrected chi connectivity index (χ0v) is 12.3. The molecule has 0 unspecified atom stereocenters. The molecule has 0 saturated carbocycles. The number of nitriles is 1. The van der Waals surface area contributed by atoms with E-state index in [4.69, 9.17) is 10.00 Å². The summed E-state index contributed by atoms with van der Waals surface area (Å²) in [6, 6.07) is 5.05. The molecule has 1 aromatic carbocycles. The number of halogens is 2. The van der Waals surface area contributed by atoms with Crippen molar-refractivity contribution in [2.24, 2.45) is 0 Å². The summed E-state index contributed by atoms with van der Waals surface area (Å²) in [6.07, 6.45) is 0. The van der Waals surface area contributed by atoms with Crippen molar-refractivity contribution >= 4 is 21.6 Å². The number of ether oxygens (including phenoxy) is 1. The Bertz CT molecular complexity index is 469. The van der Waals surface area contributed by atoms with Crippen molar-refractivity contribution in [2.75, 3.05) is 18.5 Å². The SMILES string of the molecule is CCOC(C)(C)CNc1ccc(C#N)c(Br)c1F. The summed E-state index contributed by atoms with van der Waals surface area (Å²) in [7, 11) is 0. The highest BCUT2D eigenvalue weighted by molar-refractivity contribution is 9.10. The zero-order chi connectivity index (χ0) is 13.8. The molecule has 0 bridgehead atoms. The Morgan fingerprint density at radius 2 is 2.17 bits per heavy atom. The highest BCUT2D eigenvalue weighted by atomic mass is 79.9. The van der Waals surface area contributed by atoms with Gasteiger partial charge in [-0.3, -0.25) is 0 Å². The minimum absolute atomic E-state index is 0.184. The fourth-order valence-electron chi connectivity index (χ4n) is 1.52. The van der Waals surface area contributed by atoms with Crippen LogP contribution in [0.1, 0.15) is 26.3 Å². The van der Waals surface area contributed by atoms with Crippen LogP contribution in [0.2, 0.25) is 0 Å². The van der Waals surface area contributed by atoms with Gasteiger partial charge in [-0.05, 0) is 48.8 Å². The Balaban J connectivity index is 2.81. The van der Waals surface area contributed by atoms with Gasteiger partial charge >= 0.3 is 0 Å². The van der Waals surface area contributed by atoms with E-state index in [9.17, 15) is 4.39 Å². The lowest BCUT2D eigenvalue weighted by atomic mass is 10.1. The van der Waals surface area contributed by atoms with E-state index in [0.717, 1.165) is 0 Å².